The zero-order chi connectivity index (χ0) is 21.7. The van der Waals surface area contributed by atoms with Crippen LogP contribution in [0, 0.1) is 28.6 Å². The van der Waals surface area contributed by atoms with Gasteiger partial charge >= 0.3 is 5.97 Å². The first-order valence-corrected chi connectivity index (χ1v) is 11.6. The van der Waals surface area contributed by atoms with Crippen molar-refractivity contribution in [1.29, 1.82) is 0 Å². The Balaban J connectivity index is 1.44. The number of hydrogen-bond acceptors (Lipinski definition) is 5. The molecule has 2 aliphatic heterocycles. The fourth-order valence-electron chi connectivity index (χ4n) is 8.00. The van der Waals surface area contributed by atoms with Gasteiger partial charge in [-0.1, -0.05) is 31.9 Å². The number of allylic oxidation sites excluding steroid dienone is 2. The Kier molecular flexibility index (Phi) is 3.92. The lowest BCUT2D eigenvalue weighted by atomic mass is 9.45. The van der Waals surface area contributed by atoms with Crippen molar-refractivity contribution in [3.63, 3.8) is 0 Å². The van der Waals surface area contributed by atoms with Crippen LogP contribution in [0.3, 0.4) is 0 Å². The Morgan fingerprint density at radius 3 is 2.71 bits per heavy atom. The zero-order valence-electron chi connectivity index (χ0n) is 18.6. The molecule has 1 saturated carbocycles. The molecule has 6 rings (SSSR count). The molecule has 31 heavy (non-hydrogen) atoms. The van der Waals surface area contributed by atoms with Gasteiger partial charge in [-0.15, -0.1) is 0 Å². The van der Waals surface area contributed by atoms with E-state index in [1.165, 1.54) is 16.7 Å². The minimum absolute atomic E-state index is 0.0448. The molecule has 0 N–H and O–H groups in total. The third-order valence-electron chi connectivity index (χ3n) is 9.48. The largest absolute Gasteiger partial charge is 0.472 e. The van der Waals surface area contributed by atoms with E-state index in [9.17, 15) is 9.59 Å². The molecule has 0 unspecified atom stereocenters. The summed E-state index contributed by atoms with van der Waals surface area (Å²) in [6.07, 6.45) is 9.22. The topological polar surface area (TPSA) is 65.7 Å². The summed E-state index contributed by atoms with van der Waals surface area (Å²) in [5.74, 6) is 0.381. The Bertz CT molecular complexity index is 1020. The number of furan rings is 1. The third-order valence-corrected chi connectivity index (χ3v) is 9.48. The first kappa shape index (κ1) is 19.5. The highest BCUT2D eigenvalue weighted by Gasteiger charge is 2.72. The van der Waals surface area contributed by atoms with E-state index in [0.29, 0.717) is 5.92 Å². The normalized spacial score (nSPS) is 47.8. The first-order chi connectivity index (χ1) is 14.8. The highest BCUT2D eigenvalue weighted by atomic mass is 16.6. The fourth-order valence-corrected chi connectivity index (χ4v) is 8.00. The summed E-state index contributed by atoms with van der Waals surface area (Å²) >= 11 is 0. The van der Waals surface area contributed by atoms with Crippen LogP contribution >= 0.6 is 0 Å². The number of hydrogen-bond donors (Lipinski definition) is 0. The van der Waals surface area contributed by atoms with Crippen molar-refractivity contribution >= 4 is 11.8 Å². The second-order valence-electron chi connectivity index (χ2n) is 10.6. The number of ether oxygens (including phenoxy) is 2. The number of ketones is 1. The van der Waals surface area contributed by atoms with E-state index in [-0.39, 0.29) is 47.8 Å². The lowest BCUT2D eigenvalue weighted by Gasteiger charge is -2.58. The smallest absolute Gasteiger partial charge is 0.316 e. The predicted molar refractivity (Wildman–Crippen MR) is 113 cm³/mol. The maximum atomic E-state index is 13.3. The average Bonchev–Trinajstić information content (AvgIpc) is 3.44. The molecule has 9 atom stereocenters. The van der Waals surface area contributed by atoms with E-state index in [2.05, 4.69) is 20.8 Å². The van der Waals surface area contributed by atoms with Gasteiger partial charge in [-0.2, -0.15) is 0 Å². The molecule has 3 aliphatic carbocycles. The number of fused-ring (bicyclic) bond motifs is 3. The van der Waals surface area contributed by atoms with Gasteiger partial charge in [0.15, 0.2) is 5.78 Å². The van der Waals surface area contributed by atoms with E-state index in [1.54, 1.807) is 18.4 Å². The number of carbonyl (C=O) groups is 2. The molecule has 0 radical (unpaired) electrons. The molecule has 164 valence electrons. The van der Waals surface area contributed by atoms with Gasteiger partial charge in [0.25, 0.3) is 0 Å². The molecular formula is C26H30O5. The molecule has 3 heterocycles. The van der Waals surface area contributed by atoms with E-state index < -0.39 is 10.8 Å². The van der Waals surface area contributed by atoms with Crippen LogP contribution in [0.5, 0.6) is 0 Å². The molecule has 0 spiro atoms. The minimum atomic E-state index is -0.754. The second-order valence-corrected chi connectivity index (χ2v) is 10.6. The van der Waals surface area contributed by atoms with Gasteiger partial charge in [-0.3, -0.25) is 9.59 Å². The molecule has 5 heteroatoms. The Labute approximate surface area is 182 Å². The molecule has 1 aromatic rings. The quantitative estimate of drug-likeness (QED) is 0.515. The van der Waals surface area contributed by atoms with Gasteiger partial charge in [0.1, 0.15) is 6.10 Å². The molecule has 0 aromatic carbocycles. The molecular weight excluding hydrogens is 392 g/mol. The molecule has 5 nitrogen and oxygen atoms in total. The van der Waals surface area contributed by atoms with Crippen molar-refractivity contribution < 1.29 is 23.5 Å². The maximum Gasteiger partial charge on any atom is 0.316 e. The lowest BCUT2D eigenvalue weighted by Crippen LogP contribution is -2.64. The second kappa shape index (κ2) is 6.22. The number of carbonyl (C=O) groups excluding carboxylic acids is 2. The van der Waals surface area contributed by atoms with Crippen molar-refractivity contribution in [2.24, 2.45) is 28.6 Å². The zero-order valence-corrected chi connectivity index (χ0v) is 18.6. The van der Waals surface area contributed by atoms with Crippen LogP contribution in [0.2, 0.25) is 0 Å². The molecule has 1 aromatic heterocycles. The van der Waals surface area contributed by atoms with E-state index in [4.69, 9.17) is 13.9 Å². The third kappa shape index (κ3) is 2.26. The van der Waals surface area contributed by atoms with Crippen molar-refractivity contribution in [1.82, 2.24) is 0 Å². The Morgan fingerprint density at radius 1 is 1.19 bits per heavy atom. The molecule has 5 aliphatic rings. The van der Waals surface area contributed by atoms with E-state index in [0.717, 1.165) is 19.3 Å². The first-order valence-electron chi connectivity index (χ1n) is 11.6. The summed E-state index contributed by atoms with van der Waals surface area (Å²) in [5, 5.41) is 0. The lowest BCUT2D eigenvalue weighted by molar-refractivity contribution is -0.202. The summed E-state index contributed by atoms with van der Waals surface area (Å²) in [7, 11) is 0. The summed E-state index contributed by atoms with van der Waals surface area (Å²) in [6.45, 7) is 8.41. The van der Waals surface area contributed by atoms with Crippen molar-refractivity contribution in [3.05, 3.63) is 47.5 Å². The minimum Gasteiger partial charge on any atom is -0.472 e. The highest BCUT2D eigenvalue weighted by molar-refractivity contribution is 6.00. The molecule has 0 amide bonds. The van der Waals surface area contributed by atoms with Gasteiger partial charge in [-0.05, 0) is 61.8 Å². The average molecular weight is 423 g/mol. The van der Waals surface area contributed by atoms with Crippen molar-refractivity contribution in [2.75, 3.05) is 0 Å². The summed E-state index contributed by atoms with van der Waals surface area (Å²) in [5.41, 5.74) is 2.58. The van der Waals surface area contributed by atoms with Crippen LogP contribution in [0.15, 0.2) is 46.3 Å². The van der Waals surface area contributed by atoms with E-state index in [1.807, 2.05) is 19.3 Å². The van der Waals surface area contributed by atoms with Crippen LogP contribution < -0.4 is 0 Å². The van der Waals surface area contributed by atoms with Gasteiger partial charge in [0, 0.05) is 17.3 Å². The van der Waals surface area contributed by atoms with Gasteiger partial charge < -0.3 is 13.9 Å². The standard InChI is InChI=1S/C26H30O5/c1-5-18-17-10-16-13(2)15(14-7-9-29-12-14)11-19(16)30-21(17)22-23-25(3,24(28)31-22)8-6-20(27)26(18,23)4/h6-9,12,15,17-19,21-23H,5,10-11H2,1-4H3/t15-,17-,18-,19-,21-,22-,23-,25+,26-/m0/s1. The summed E-state index contributed by atoms with van der Waals surface area (Å²) < 4.78 is 18.2. The van der Waals surface area contributed by atoms with Crippen molar-refractivity contribution in [3.8, 4) is 0 Å². The Hall–Kier alpha value is -2.14. The number of esters is 1. The summed E-state index contributed by atoms with van der Waals surface area (Å²) in [4.78, 5) is 26.4. The van der Waals surface area contributed by atoms with Crippen LogP contribution in [-0.4, -0.2) is 30.1 Å². The van der Waals surface area contributed by atoms with Crippen LogP contribution in [-0.2, 0) is 19.1 Å². The summed E-state index contributed by atoms with van der Waals surface area (Å²) in [6, 6.07) is 2.04. The van der Waals surface area contributed by atoms with Gasteiger partial charge in [-0.25, -0.2) is 0 Å². The highest BCUT2D eigenvalue weighted by Crippen LogP contribution is 2.65. The maximum absolute atomic E-state index is 13.3. The number of rotatable bonds is 2. The van der Waals surface area contributed by atoms with Gasteiger partial charge in [0.2, 0.25) is 0 Å². The predicted octanol–water partition coefficient (Wildman–Crippen LogP) is 4.59. The molecule has 2 saturated heterocycles. The Morgan fingerprint density at radius 2 is 2.00 bits per heavy atom. The molecule has 3 fully saturated rings. The van der Waals surface area contributed by atoms with Crippen LogP contribution in [0.25, 0.3) is 0 Å². The van der Waals surface area contributed by atoms with Crippen LogP contribution in [0.4, 0.5) is 0 Å². The van der Waals surface area contributed by atoms with E-state index >= 15 is 0 Å². The van der Waals surface area contributed by atoms with Crippen molar-refractivity contribution in [2.45, 2.75) is 71.2 Å². The SMILES string of the molecule is CC[C@H]1[C@@H]2CC3=C(C)[C@@H](c4ccoc4)C[C@@H]3O[C@@H]2[C@@H]2OC(=O)[C@]3(C)C=CC(=O)[C@@]1(C)[C@@H]23. The van der Waals surface area contributed by atoms with Crippen LogP contribution in [0.1, 0.15) is 58.4 Å². The monoisotopic (exact) mass is 422 g/mol. The van der Waals surface area contributed by atoms with Gasteiger partial charge in [0.05, 0.1) is 30.1 Å². The fraction of sp³-hybridized carbons (Fsp3) is 0.615. The molecule has 0 bridgehead atoms.